The molecule has 1 atom stereocenters. The number of nitrogens with zero attached hydrogens (tertiary/aromatic N) is 1. The number of hydrogen-bond donors (Lipinski definition) is 2. The van der Waals surface area contributed by atoms with E-state index in [2.05, 4.69) is 28.2 Å². The third kappa shape index (κ3) is 5.52. The lowest BCUT2D eigenvalue weighted by molar-refractivity contribution is 0.0586. The lowest BCUT2D eigenvalue weighted by Crippen LogP contribution is -2.40. The second-order valence-electron chi connectivity index (χ2n) is 8.61. The van der Waals surface area contributed by atoms with Gasteiger partial charge in [0.1, 0.15) is 18.5 Å². The SMILES string of the molecule is C/C=C/c1ccc(OCC(O)CN2CCC(c3c[nH]c4ccc(OC)cc34)CC2)c(OC)c1. The zero-order valence-electron chi connectivity index (χ0n) is 19.7. The van der Waals surface area contributed by atoms with Gasteiger partial charge in [0.05, 0.1) is 14.2 Å². The minimum atomic E-state index is -0.557. The molecule has 0 radical (unpaired) electrons. The normalized spacial score (nSPS) is 16.4. The highest BCUT2D eigenvalue weighted by Crippen LogP contribution is 2.35. The van der Waals surface area contributed by atoms with Crippen LogP contribution in [0.4, 0.5) is 0 Å². The first-order valence-electron chi connectivity index (χ1n) is 11.6. The van der Waals surface area contributed by atoms with Gasteiger partial charge < -0.3 is 29.2 Å². The second kappa shape index (κ2) is 10.8. The van der Waals surface area contributed by atoms with E-state index in [0.29, 0.717) is 24.0 Å². The maximum absolute atomic E-state index is 10.6. The molecule has 0 bridgehead atoms. The number of ether oxygens (including phenoxy) is 3. The van der Waals surface area contributed by atoms with Crippen molar-refractivity contribution < 1.29 is 19.3 Å². The molecule has 1 saturated heterocycles. The molecule has 0 spiro atoms. The van der Waals surface area contributed by atoms with Crippen LogP contribution in [0, 0.1) is 0 Å². The Bertz CT molecular complexity index is 1080. The Labute approximate surface area is 195 Å². The first-order chi connectivity index (χ1) is 16.1. The number of benzene rings is 2. The fourth-order valence-corrected chi connectivity index (χ4v) is 4.65. The number of rotatable bonds is 9. The molecule has 6 nitrogen and oxygen atoms in total. The monoisotopic (exact) mass is 450 g/mol. The lowest BCUT2D eigenvalue weighted by atomic mass is 9.89. The van der Waals surface area contributed by atoms with E-state index in [1.165, 1.54) is 10.9 Å². The van der Waals surface area contributed by atoms with Crippen molar-refractivity contribution in [1.29, 1.82) is 0 Å². The number of allylic oxidation sites excluding steroid dienone is 1. The number of aliphatic hydroxyl groups is 1. The Morgan fingerprint density at radius 1 is 1.09 bits per heavy atom. The summed E-state index contributed by atoms with van der Waals surface area (Å²) in [7, 11) is 3.34. The molecule has 1 aliphatic heterocycles. The van der Waals surface area contributed by atoms with Crippen LogP contribution in [0.3, 0.4) is 0 Å². The Morgan fingerprint density at radius 2 is 1.91 bits per heavy atom. The van der Waals surface area contributed by atoms with Gasteiger partial charge in [-0.15, -0.1) is 0 Å². The van der Waals surface area contributed by atoms with Crippen LogP contribution >= 0.6 is 0 Å². The molecule has 0 amide bonds. The van der Waals surface area contributed by atoms with Gasteiger partial charge >= 0.3 is 0 Å². The molecule has 3 aromatic rings. The van der Waals surface area contributed by atoms with E-state index in [0.717, 1.165) is 42.8 Å². The van der Waals surface area contributed by atoms with Crippen molar-refractivity contribution in [3.63, 3.8) is 0 Å². The third-order valence-corrected chi connectivity index (χ3v) is 6.40. The van der Waals surface area contributed by atoms with Crippen LogP contribution in [0.15, 0.2) is 48.7 Å². The van der Waals surface area contributed by atoms with Crippen molar-refractivity contribution >= 4 is 17.0 Å². The van der Waals surface area contributed by atoms with E-state index in [9.17, 15) is 5.11 Å². The number of hydrogen-bond acceptors (Lipinski definition) is 5. The molecular formula is C27H34N2O4. The van der Waals surface area contributed by atoms with Crippen LogP contribution in [0.1, 0.15) is 36.8 Å². The molecule has 2 aromatic carbocycles. The van der Waals surface area contributed by atoms with Crippen molar-refractivity contribution in [2.45, 2.75) is 31.8 Å². The minimum absolute atomic E-state index is 0.238. The Hall–Kier alpha value is -2.96. The highest BCUT2D eigenvalue weighted by atomic mass is 16.5. The highest BCUT2D eigenvalue weighted by Gasteiger charge is 2.24. The van der Waals surface area contributed by atoms with Crippen molar-refractivity contribution in [2.24, 2.45) is 0 Å². The zero-order valence-corrected chi connectivity index (χ0v) is 19.7. The zero-order chi connectivity index (χ0) is 23.2. The predicted molar refractivity (Wildman–Crippen MR) is 132 cm³/mol. The smallest absolute Gasteiger partial charge is 0.161 e. The number of methoxy groups -OCH3 is 2. The van der Waals surface area contributed by atoms with Gasteiger partial charge in [-0.1, -0.05) is 18.2 Å². The average molecular weight is 451 g/mol. The number of fused-ring (bicyclic) bond motifs is 1. The number of nitrogens with one attached hydrogen (secondary N) is 1. The molecule has 0 saturated carbocycles. The summed E-state index contributed by atoms with van der Waals surface area (Å²) in [6.45, 7) is 4.74. The van der Waals surface area contributed by atoms with Gasteiger partial charge in [-0.05, 0) is 80.2 Å². The summed E-state index contributed by atoms with van der Waals surface area (Å²) >= 11 is 0. The number of piperidine rings is 1. The number of aromatic nitrogens is 1. The summed E-state index contributed by atoms with van der Waals surface area (Å²) < 4.78 is 16.7. The molecule has 2 heterocycles. The van der Waals surface area contributed by atoms with Gasteiger partial charge in [0.15, 0.2) is 11.5 Å². The van der Waals surface area contributed by atoms with Gasteiger partial charge in [-0.2, -0.15) is 0 Å². The third-order valence-electron chi connectivity index (χ3n) is 6.40. The van der Waals surface area contributed by atoms with Gasteiger partial charge in [0.25, 0.3) is 0 Å². The molecule has 176 valence electrons. The summed E-state index contributed by atoms with van der Waals surface area (Å²) in [5.41, 5.74) is 3.56. The maximum atomic E-state index is 10.6. The second-order valence-corrected chi connectivity index (χ2v) is 8.61. The topological polar surface area (TPSA) is 67.0 Å². The first-order valence-corrected chi connectivity index (χ1v) is 11.6. The summed E-state index contributed by atoms with van der Waals surface area (Å²) in [6, 6.07) is 12.0. The molecule has 1 unspecified atom stereocenters. The summed E-state index contributed by atoms with van der Waals surface area (Å²) in [5.74, 6) is 2.72. The molecule has 0 aliphatic carbocycles. The molecule has 1 fully saturated rings. The van der Waals surface area contributed by atoms with E-state index in [4.69, 9.17) is 14.2 Å². The number of likely N-dealkylation sites (tertiary alicyclic amines) is 1. The standard InChI is InChI=1S/C27H34N2O4/c1-4-5-19-6-9-26(27(14-19)32-3)33-18-21(30)17-29-12-10-20(11-13-29)24-16-28-25-8-7-22(31-2)15-23(24)25/h4-9,14-16,20-21,28,30H,10-13,17-18H2,1-3H3/b5-4+. The van der Waals surface area contributed by atoms with Crippen LogP contribution in [0.25, 0.3) is 17.0 Å². The molecule has 1 aliphatic rings. The Balaban J connectivity index is 1.29. The van der Waals surface area contributed by atoms with E-state index in [1.54, 1.807) is 14.2 Å². The Kier molecular flexibility index (Phi) is 7.57. The largest absolute Gasteiger partial charge is 0.497 e. The molecular weight excluding hydrogens is 416 g/mol. The molecule has 1 aromatic heterocycles. The molecule has 6 heteroatoms. The Morgan fingerprint density at radius 3 is 2.64 bits per heavy atom. The fourth-order valence-electron chi connectivity index (χ4n) is 4.65. The van der Waals surface area contributed by atoms with E-state index in [1.807, 2.05) is 43.3 Å². The van der Waals surface area contributed by atoms with Crippen molar-refractivity contribution in [3.05, 3.63) is 59.8 Å². The van der Waals surface area contributed by atoms with Crippen molar-refractivity contribution in [1.82, 2.24) is 9.88 Å². The van der Waals surface area contributed by atoms with Crippen LogP contribution in [0.5, 0.6) is 17.2 Å². The molecule has 4 rings (SSSR count). The number of β-amino-alcohol motifs (C(OH)–C–C–N with tert-alkyl or cyclic N) is 1. The van der Waals surface area contributed by atoms with Gasteiger partial charge in [-0.25, -0.2) is 0 Å². The number of aliphatic hydroxyl groups excluding tert-OH is 1. The van der Waals surface area contributed by atoms with Gasteiger partial charge in [-0.3, -0.25) is 0 Å². The number of aromatic amines is 1. The van der Waals surface area contributed by atoms with E-state index >= 15 is 0 Å². The average Bonchev–Trinajstić information content (AvgIpc) is 3.27. The van der Waals surface area contributed by atoms with Crippen LogP contribution in [0.2, 0.25) is 0 Å². The van der Waals surface area contributed by atoms with Crippen LogP contribution < -0.4 is 14.2 Å². The van der Waals surface area contributed by atoms with Crippen molar-refractivity contribution in [2.75, 3.05) is 40.5 Å². The molecule has 2 N–H and O–H groups in total. The van der Waals surface area contributed by atoms with Crippen LogP contribution in [-0.2, 0) is 0 Å². The summed E-state index contributed by atoms with van der Waals surface area (Å²) in [6.07, 6.45) is 7.71. The van der Waals surface area contributed by atoms with E-state index in [-0.39, 0.29) is 6.61 Å². The quantitative estimate of drug-likeness (QED) is 0.488. The highest BCUT2D eigenvalue weighted by molar-refractivity contribution is 5.85. The summed E-state index contributed by atoms with van der Waals surface area (Å²) in [4.78, 5) is 5.72. The van der Waals surface area contributed by atoms with E-state index < -0.39 is 6.10 Å². The first kappa shape index (κ1) is 23.2. The fraction of sp³-hybridized carbons (Fsp3) is 0.407. The maximum Gasteiger partial charge on any atom is 0.161 e. The summed E-state index contributed by atoms with van der Waals surface area (Å²) in [5, 5.41) is 11.8. The van der Waals surface area contributed by atoms with Crippen molar-refractivity contribution in [3.8, 4) is 17.2 Å². The number of H-pyrrole nitrogens is 1. The van der Waals surface area contributed by atoms with Gasteiger partial charge in [0, 0.05) is 23.6 Å². The predicted octanol–water partition coefficient (Wildman–Crippen LogP) is 4.84. The van der Waals surface area contributed by atoms with Gasteiger partial charge in [0.2, 0.25) is 0 Å². The molecule has 33 heavy (non-hydrogen) atoms. The van der Waals surface area contributed by atoms with Crippen LogP contribution in [-0.4, -0.2) is 61.6 Å². The lowest BCUT2D eigenvalue weighted by Gasteiger charge is -2.33. The minimum Gasteiger partial charge on any atom is -0.497 e.